The van der Waals surface area contributed by atoms with Crippen LogP contribution in [0.3, 0.4) is 0 Å². The Labute approximate surface area is 176 Å². The first-order chi connectivity index (χ1) is 14.5. The summed E-state index contributed by atoms with van der Waals surface area (Å²) >= 11 is 0.812. The molecule has 1 saturated heterocycles. The molecule has 2 amide bonds. The van der Waals surface area contributed by atoms with Crippen molar-refractivity contribution < 1.29 is 33.0 Å². The smallest absolute Gasteiger partial charge is 0.373 e. The molecule has 2 heterocycles. The van der Waals surface area contributed by atoms with E-state index < -0.39 is 17.1 Å². The topological polar surface area (TPSA) is 95.3 Å². The minimum Gasteiger partial charge on any atom is -0.493 e. The molecule has 0 bridgehead atoms. The minimum absolute atomic E-state index is 0.00532. The minimum atomic E-state index is -0.640. The van der Waals surface area contributed by atoms with Gasteiger partial charge in [0.15, 0.2) is 11.5 Å². The Bertz CT molecular complexity index is 1060. The van der Waals surface area contributed by atoms with Crippen LogP contribution in [0.15, 0.2) is 39.7 Å². The summed E-state index contributed by atoms with van der Waals surface area (Å²) in [6, 6.07) is 8.00. The van der Waals surface area contributed by atoms with Crippen molar-refractivity contribution in [1.29, 1.82) is 0 Å². The zero-order valence-electron chi connectivity index (χ0n) is 16.2. The molecular weight excluding hydrogens is 410 g/mol. The van der Waals surface area contributed by atoms with E-state index in [-0.39, 0.29) is 29.6 Å². The fourth-order valence-corrected chi connectivity index (χ4v) is 3.47. The zero-order valence-corrected chi connectivity index (χ0v) is 17.0. The van der Waals surface area contributed by atoms with E-state index >= 15 is 0 Å². The second-order valence-electron chi connectivity index (χ2n) is 5.93. The van der Waals surface area contributed by atoms with Gasteiger partial charge in [-0.1, -0.05) is 12.0 Å². The van der Waals surface area contributed by atoms with E-state index in [9.17, 15) is 14.4 Å². The van der Waals surface area contributed by atoms with Crippen LogP contribution in [0.4, 0.5) is 4.79 Å². The molecule has 0 saturated carbocycles. The lowest BCUT2D eigenvalue weighted by molar-refractivity contribution is -0.123. The van der Waals surface area contributed by atoms with Crippen molar-refractivity contribution in [2.75, 3.05) is 20.8 Å². The Hall–Kier alpha value is -3.64. The van der Waals surface area contributed by atoms with Crippen LogP contribution >= 0.6 is 11.8 Å². The second-order valence-corrected chi connectivity index (χ2v) is 6.92. The SMILES string of the molecule is C#CCOc1ccc(C=C2SC(=O)N(Cc3ccc(C(=O)OC)o3)C2=O)cc1OC. The van der Waals surface area contributed by atoms with Crippen LogP contribution in [0.25, 0.3) is 6.08 Å². The molecule has 1 aliphatic rings. The maximum Gasteiger partial charge on any atom is 0.373 e. The molecule has 0 unspecified atom stereocenters. The molecule has 0 spiro atoms. The monoisotopic (exact) mass is 427 g/mol. The predicted octanol–water partition coefficient (Wildman–Crippen LogP) is 3.32. The normalized spacial score (nSPS) is 14.7. The molecule has 8 nitrogen and oxygen atoms in total. The Morgan fingerprint density at radius 1 is 1.23 bits per heavy atom. The molecule has 1 aromatic carbocycles. The highest BCUT2D eigenvalue weighted by molar-refractivity contribution is 8.18. The number of terminal acetylenes is 1. The molecule has 1 fully saturated rings. The number of carbonyl (C=O) groups is 3. The summed E-state index contributed by atoms with van der Waals surface area (Å²) < 4.78 is 20.6. The van der Waals surface area contributed by atoms with Gasteiger partial charge in [0, 0.05) is 0 Å². The number of benzene rings is 1. The van der Waals surface area contributed by atoms with E-state index in [0.29, 0.717) is 17.1 Å². The van der Waals surface area contributed by atoms with Crippen molar-refractivity contribution in [2.24, 2.45) is 0 Å². The standard InChI is InChI=1S/C21H17NO7S/c1-4-9-28-15-7-5-13(10-17(15)26-2)11-18-19(23)22(21(25)30-18)12-14-6-8-16(29-14)20(24)27-3/h1,5-8,10-11H,9,12H2,2-3H3. The summed E-state index contributed by atoms with van der Waals surface area (Å²) in [5.41, 5.74) is 0.649. The van der Waals surface area contributed by atoms with Crippen LogP contribution < -0.4 is 9.47 Å². The van der Waals surface area contributed by atoms with Crippen LogP contribution in [-0.4, -0.2) is 42.8 Å². The highest BCUT2D eigenvalue weighted by Gasteiger charge is 2.35. The Morgan fingerprint density at radius 2 is 2.03 bits per heavy atom. The molecule has 0 N–H and O–H groups in total. The summed E-state index contributed by atoms with van der Waals surface area (Å²) in [5, 5.41) is -0.441. The first-order valence-corrected chi connectivity index (χ1v) is 9.45. The van der Waals surface area contributed by atoms with E-state index in [1.807, 2.05) is 0 Å². The molecule has 9 heteroatoms. The third kappa shape index (κ3) is 4.50. The first-order valence-electron chi connectivity index (χ1n) is 8.63. The van der Waals surface area contributed by atoms with Gasteiger partial charge in [-0.25, -0.2) is 4.79 Å². The fourth-order valence-electron chi connectivity index (χ4n) is 2.63. The maximum absolute atomic E-state index is 12.7. The molecule has 154 valence electrons. The number of amides is 2. The van der Waals surface area contributed by atoms with Gasteiger partial charge in [-0.15, -0.1) is 6.42 Å². The van der Waals surface area contributed by atoms with Crippen LogP contribution in [0, 0.1) is 12.3 Å². The van der Waals surface area contributed by atoms with Gasteiger partial charge in [0.2, 0.25) is 5.76 Å². The van der Waals surface area contributed by atoms with Gasteiger partial charge in [0.1, 0.15) is 12.4 Å². The van der Waals surface area contributed by atoms with Crippen molar-refractivity contribution in [2.45, 2.75) is 6.54 Å². The summed E-state index contributed by atoms with van der Waals surface area (Å²) in [6.45, 7) is 0.000254. The number of hydrogen-bond donors (Lipinski definition) is 0. The number of thioether (sulfide) groups is 1. The maximum atomic E-state index is 12.7. The lowest BCUT2D eigenvalue weighted by Crippen LogP contribution is -2.27. The van der Waals surface area contributed by atoms with E-state index in [1.165, 1.54) is 26.4 Å². The van der Waals surface area contributed by atoms with E-state index in [4.69, 9.17) is 20.3 Å². The lowest BCUT2D eigenvalue weighted by atomic mass is 10.2. The number of hydrogen-bond acceptors (Lipinski definition) is 8. The van der Waals surface area contributed by atoms with Gasteiger partial charge >= 0.3 is 5.97 Å². The predicted molar refractivity (Wildman–Crippen MR) is 109 cm³/mol. The van der Waals surface area contributed by atoms with Crippen molar-refractivity contribution >= 4 is 35.0 Å². The highest BCUT2D eigenvalue weighted by Crippen LogP contribution is 2.35. The number of furan rings is 1. The lowest BCUT2D eigenvalue weighted by Gasteiger charge is -2.10. The number of carbonyl (C=O) groups excluding carboxylic acids is 3. The molecule has 3 rings (SSSR count). The van der Waals surface area contributed by atoms with Gasteiger partial charge in [-0.3, -0.25) is 14.5 Å². The van der Waals surface area contributed by atoms with Gasteiger partial charge in [0.05, 0.1) is 25.7 Å². The number of rotatable bonds is 7. The average molecular weight is 427 g/mol. The van der Waals surface area contributed by atoms with Gasteiger partial charge in [-0.05, 0) is 47.7 Å². The molecule has 2 aromatic rings. The number of ether oxygens (including phenoxy) is 3. The molecule has 1 aromatic heterocycles. The number of esters is 1. The largest absolute Gasteiger partial charge is 0.493 e. The fraction of sp³-hybridized carbons (Fsp3) is 0.190. The highest BCUT2D eigenvalue weighted by atomic mass is 32.2. The first kappa shape index (κ1) is 21.1. The number of methoxy groups -OCH3 is 2. The Morgan fingerprint density at radius 3 is 2.73 bits per heavy atom. The third-order valence-electron chi connectivity index (χ3n) is 4.03. The van der Waals surface area contributed by atoms with Crippen molar-refractivity contribution in [3.8, 4) is 23.8 Å². The number of imide groups is 1. The summed E-state index contributed by atoms with van der Waals surface area (Å²) in [4.78, 5) is 37.8. The molecule has 0 atom stereocenters. The number of nitrogens with zero attached hydrogens (tertiary/aromatic N) is 1. The van der Waals surface area contributed by atoms with Gasteiger partial charge < -0.3 is 18.6 Å². The average Bonchev–Trinajstić information content (AvgIpc) is 3.32. The second kappa shape index (κ2) is 9.24. The summed E-state index contributed by atoms with van der Waals surface area (Å²) in [6.07, 6.45) is 6.78. The van der Waals surface area contributed by atoms with Gasteiger partial charge in [0.25, 0.3) is 11.1 Å². The van der Waals surface area contributed by atoms with Crippen molar-refractivity contribution in [3.05, 3.63) is 52.3 Å². The van der Waals surface area contributed by atoms with E-state index in [0.717, 1.165) is 16.7 Å². The molecule has 0 radical (unpaired) electrons. The molecule has 0 aliphatic carbocycles. The van der Waals surface area contributed by atoms with Gasteiger partial charge in [-0.2, -0.15) is 0 Å². The van der Waals surface area contributed by atoms with E-state index in [2.05, 4.69) is 10.7 Å². The van der Waals surface area contributed by atoms with Crippen LogP contribution in [0.5, 0.6) is 11.5 Å². The molecular formula is C21H17NO7S. The summed E-state index contributed by atoms with van der Waals surface area (Å²) in [5.74, 6) is 2.47. The quantitative estimate of drug-likeness (QED) is 0.377. The Kier molecular flexibility index (Phi) is 6.49. The van der Waals surface area contributed by atoms with Crippen molar-refractivity contribution in [3.63, 3.8) is 0 Å². The van der Waals surface area contributed by atoms with Crippen LogP contribution in [-0.2, 0) is 16.1 Å². The van der Waals surface area contributed by atoms with Crippen LogP contribution in [0.2, 0.25) is 0 Å². The van der Waals surface area contributed by atoms with Crippen LogP contribution in [0.1, 0.15) is 21.9 Å². The van der Waals surface area contributed by atoms with Crippen molar-refractivity contribution in [1.82, 2.24) is 4.90 Å². The molecule has 30 heavy (non-hydrogen) atoms. The Balaban J connectivity index is 1.77. The molecule has 1 aliphatic heterocycles. The zero-order chi connectivity index (χ0) is 21.7. The third-order valence-corrected chi connectivity index (χ3v) is 4.94. The summed E-state index contributed by atoms with van der Waals surface area (Å²) in [7, 11) is 2.72. The van der Waals surface area contributed by atoms with E-state index in [1.54, 1.807) is 24.3 Å².